The summed E-state index contributed by atoms with van der Waals surface area (Å²) in [5.41, 5.74) is 3.96. The zero-order valence-electron chi connectivity index (χ0n) is 15.9. The number of methoxy groups -OCH3 is 1. The molecule has 1 fully saturated rings. The van der Waals surface area contributed by atoms with Crippen molar-refractivity contribution in [3.05, 3.63) is 34.9 Å². The topological polar surface area (TPSA) is 38.8 Å². The van der Waals surface area contributed by atoms with Crippen molar-refractivity contribution in [1.82, 2.24) is 0 Å². The number of epoxide rings is 1. The smallest absolute Gasteiger partial charge is 0.312 e. The Morgan fingerprint density at radius 2 is 2.00 bits per heavy atom. The van der Waals surface area contributed by atoms with Gasteiger partial charge in [0.25, 0.3) is 0 Å². The van der Waals surface area contributed by atoms with E-state index in [0.717, 1.165) is 44.1 Å². The molecule has 24 heavy (non-hydrogen) atoms. The average molecular weight is 332 g/mol. The molecule has 1 aliphatic heterocycles. The lowest BCUT2D eigenvalue weighted by molar-refractivity contribution is -0.143. The molecule has 0 aromatic heterocycles. The van der Waals surface area contributed by atoms with Gasteiger partial charge in [0.1, 0.15) is 0 Å². The van der Waals surface area contributed by atoms with Crippen molar-refractivity contribution in [3.63, 3.8) is 0 Å². The normalized spacial score (nSPS) is 34.4. The second kappa shape index (κ2) is 8.15. The van der Waals surface area contributed by atoms with Gasteiger partial charge in [-0.05, 0) is 66.2 Å². The van der Waals surface area contributed by atoms with Gasteiger partial charge in [0.2, 0.25) is 0 Å². The molecule has 2 aliphatic rings. The second-order valence-electron chi connectivity index (χ2n) is 7.55. The van der Waals surface area contributed by atoms with E-state index in [-0.39, 0.29) is 17.5 Å². The van der Waals surface area contributed by atoms with Crippen LogP contribution in [0.1, 0.15) is 66.2 Å². The van der Waals surface area contributed by atoms with Gasteiger partial charge in [-0.1, -0.05) is 34.9 Å². The third-order valence-corrected chi connectivity index (χ3v) is 5.47. The Kier molecular flexibility index (Phi) is 6.45. The summed E-state index contributed by atoms with van der Waals surface area (Å²) in [6.07, 6.45) is 13.2. The number of esters is 1. The van der Waals surface area contributed by atoms with Crippen LogP contribution in [0.25, 0.3) is 0 Å². The van der Waals surface area contributed by atoms with Gasteiger partial charge in [-0.2, -0.15) is 0 Å². The summed E-state index contributed by atoms with van der Waals surface area (Å²) in [5.74, 6) is -0.341. The first-order valence-corrected chi connectivity index (χ1v) is 9.13. The molecule has 0 radical (unpaired) electrons. The number of fused-ring (bicyclic) bond motifs is 1. The molecule has 0 saturated carbocycles. The molecule has 1 saturated heterocycles. The Labute approximate surface area is 146 Å². The van der Waals surface area contributed by atoms with Crippen molar-refractivity contribution in [2.75, 3.05) is 7.11 Å². The van der Waals surface area contributed by atoms with Crippen LogP contribution < -0.4 is 0 Å². The SMILES string of the molecule is COC(=O)C(C)C1=C/C=C(\C)CC[C@H]2O[C@]2(C)CC/C=C(\C)CC1. The van der Waals surface area contributed by atoms with E-state index in [1.54, 1.807) is 0 Å². The van der Waals surface area contributed by atoms with E-state index in [2.05, 4.69) is 39.0 Å². The molecule has 3 atom stereocenters. The van der Waals surface area contributed by atoms with Crippen molar-refractivity contribution in [3.8, 4) is 0 Å². The molecule has 0 N–H and O–H groups in total. The Morgan fingerprint density at radius 3 is 2.71 bits per heavy atom. The Bertz CT molecular complexity index is 555. The quantitative estimate of drug-likeness (QED) is 0.400. The minimum atomic E-state index is -0.185. The van der Waals surface area contributed by atoms with Crippen molar-refractivity contribution in [2.24, 2.45) is 5.92 Å². The number of hydrogen-bond acceptors (Lipinski definition) is 3. The lowest BCUT2D eigenvalue weighted by atomic mass is 9.92. The molecule has 3 heteroatoms. The lowest BCUT2D eigenvalue weighted by Crippen LogP contribution is -2.15. The molecule has 1 unspecified atom stereocenters. The first-order chi connectivity index (χ1) is 11.4. The minimum absolute atomic E-state index is 0.0849. The van der Waals surface area contributed by atoms with Gasteiger partial charge >= 0.3 is 5.97 Å². The minimum Gasteiger partial charge on any atom is -0.469 e. The van der Waals surface area contributed by atoms with Gasteiger partial charge in [0, 0.05) is 0 Å². The highest BCUT2D eigenvalue weighted by Gasteiger charge is 2.50. The largest absolute Gasteiger partial charge is 0.469 e. The maximum Gasteiger partial charge on any atom is 0.312 e. The Morgan fingerprint density at radius 1 is 1.25 bits per heavy atom. The number of hydrogen-bond donors (Lipinski definition) is 0. The predicted octanol–water partition coefficient (Wildman–Crippen LogP) is 5.13. The summed E-state index contributed by atoms with van der Waals surface area (Å²) >= 11 is 0. The molecule has 2 rings (SSSR count). The summed E-state index contributed by atoms with van der Waals surface area (Å²) in [6.45, 7) is 8.52. The molecule has 1 heterocycles. The van der Waals surface area contributed by atoms with Crippen LogP contribution in [0.3, 0.4) is 0 Å². The molecule has 3 nitrogen and oxygen atoms in total. The first-order valence-electron chi connectivity index (χ1n) is 9.13. The molecule has 134 valence electrons. The fraction of sp³-hybridized carbons (Fsp3) is 0.667. The maximum atomic E-state index is 11.9. The molecule has 0 bridgehead atoms. The van der Waals surface area contributed by atoms with E-state index >= 15 is 0 Å². The van der Waals surface area contributed by atoms with Crippen LogP contribution in [0.4, 0.5) is 0 Å². The number of ether oxygens (including phenoxy) is 2. The third kappa shape index (κ3) is 5.07. The number of rotatable bonds is 2. The standard InChI is InChI=1S/C21H32O3/c1-15-7-6-14-21(4)19(24-21)13-10-16(2)9-12-18(11-8-15)17(3)20(22)23-5/h7,9,12,17,19H,6,8,10-11,13-14H2,1-5H3/b15-7+,16-9+,18-12?/t17?,19-,21-/m1/s1. The van der Waals surface area contributed by atoms with E-state index in [1.165, 1.54) is 18.3 Å². The highest BCUT2D eigenvalue weighted by atomic mass is 16.6. The predicted molar refractivity (Wildman–Crippen MR) is 97.8 cm³/mol. The van der Waals surface area contributed by atoms with Crippen molar-refractivity contribution >= 4 is 5.97 Å². The summed E-state index contributed by atoms with van der Waals surface area (Å²) in [5, 5.41) is 0. The summed E-state index contributed by atoms with van der Waals surface area (Å²) in [4.78, 5) is 11.9. The van der Waals surface area contributed by atoms with E-state index in [9.17, 15) is 4.79 Å². The monoisotopic (exact) mass is 332 g/mol. The van der Waals surface area contributed by atoms with Gasteiger partial charge in [-0.15, -0.1) is 0 Å². The van der Waals surface area contributed by atoms with Crippen LogP contribution in [0, 0.1) is 5.92 Å². The number of allylic oxidation sites excluding steroid dienone is 5. The molecule has 0 aromatic carbocycles. The number of carbonyl (C=O) groups is 1. The molecular formula is C21H32O3. The molecule has 0 spiro atoms. The lowest BCUT2D eigenvalue weighted by Gasteiger charge is -2.15. The zero-order chi connectivity index (χ0) is 17.7. The van der Waals surface area contributed by atoms with Crippen LogP contribution in [0.2, 0.25) is 0 Å². The molecule has 0 aromatic rings. The van der Waals surface area contributed by atoms with Gasteiger partial charge < -0.3 is 9.47 Å². The Balaban J connectivity index is 2.16. The fourth-order valence-electron chi connectivity index (χ4n) is 3.39. The second-order valence-corrected chi connectivity index (χ2v) is 7.55. The third-order valence-electron chi connectivity index (χ3n) is 5.47. The molecular weight excluding hydrogens is 300 g/mol. The van der Waals surface area contributed by atoms with E-state index in [4.69, 9.17) is 9.47 Å². The Hall–Kier alpha value is -1.35. The van der Waals surface area contributed by atoms with Crippen molar-refractivity contribution < 1.29 is 14.3 Å². The van der Waals surface area contributed by atoms with Crippen molar-refractivity contribution in [1.29, 1.82) is 0 Å². The van der Waals surface area contributed by atoms with Crippen LogP contribution in [-0.4, -0.2) is 24.8 Å². The maximum absolute atomic E-state index is 11.9. The molecule has 1 aliphatic carbocycles. The van der Waals surface area contributed by atoms with E-state index in [1.807, 2.05) is 6.92 Å². The van der Waals surface area contributed by atoms with Gasteiger partial charge in [-0.25, -0.2) is 0 Å². The van der Waals surface area contributed by atoms with E-state index < -0.39 is 0 Å². The summed E-state index contributed by atoms with van der Waals surface area (Å²) in [7, 11) is 1.46. The number of carbonyl (C=O) groups excluding carboxylic acids is 1. The zero-order valence-corrected chi connectivity index (χ0v) is 15.9. The average Bonchev–Trinajstić information content (AvgIpc) is 3.21. The first kappa shape index (κ1) is 19.0. The van der Waals surface area contributed by atoms with Crippen LogP contribution in [0.15, 0.2) is 34.9 Å². The molecule has 0 amide bonds. The van der Waals surface area contributed by atoms with E-state index in [0.29, 0.717) is 6.10 Å². The van der Waals surface area contributed by atoms with Crippen LogP contribution in [0.5, 0.6) is 0 Å². The van der Waals surface area contributed by atoms with Gasteiger partial charge in [0.05, 0.1) is 24.7 Å². The van der Waals surface area contributed by atoms with Gasteiger partial charge in [0.15, 0.2) is 0 Å². The fourth-order valence-corrected chi connectivity index (χ4v) is 3.39. The summed E-state index contributed by atoms with van der Waals surface area (Å²) in [6, 6.07) is 0. The summed E-state index contributed by atoms with van der Waals surface area (Å²) < 4.78 is 10.9. The van der Waals surface area contributed by atoms with Crippen molar-refractivity contribution in [2.45, 2.75) is 77.9 Å². The highest BCUT2D eigenvalue weighted by Crippen LogP contribution is 2.43. The highest BCUT2D eigenvalue weighted by molar-refractivity contribution is 5.75. The van der Waals surface area contributed by atoms with Crippen LogP contribution in [-0.2, 0) is 14.3 Å². The van der Waals surface area contributed by atoms with Gasteiger partial charge in [-0.3, -0.25) is 4.79 Å². The van der Waals surface area contributed by atoms with Crippen LogP contribution >= 0.6 is 0 Å².